The van der Waals surface area contributed by atoms with Gasteiger partial charge in [-0.2, -0.15) is 0 Å². The van der Waals surface area contributed by atoms with E-state index in [9.17, 15) is 5.11 Å². The highest BCUT2D eigenvalue weighted by Crippen LogP contribution is 2.48. The van der Waals surface area contributed by atoms with E-state index in [1.165, 1.54) is 0 Å². The number of benzene rings is 3. The first-order valence-electron chi connectivity index (χ1n) is 10.6. The van der Waals surface area contributed by atoms with Crippen molar-refractivity contribution in [2.45, 2.75) is 12.3 Å². The maximum atomic E-state index is 10.0. The summed E-state index contributed by atoms with van der Waals surface area (Å²) in [4.78, 5) is 9.42. The van der Waals surface area contributed by atoms with Gasteiger partial charge < -0.3 is 14.6 Å². The highest BCUT2D eigenvalue weighted by Gasteiger charge is 2.33. The van der Waals surface area contributed by atoms with Gasteiger partial charge in [0.15, 0.2) is 11.5 Å². The highest BCUT2D eigenvalue weighted by molar-refractivity contribution is 5.66. The van der Waals surface area contributed by atoms with Crippen LogP contribution in [0.4, 0.5) is 0 Å². The first-order chi connectivity index (χ1) is 16.2. The Morgan fingerprint density at radius 3 is 2.64 bits per heavy atom. The lowest BCUT2D eigenvalue weighted by molar-refractivity contribution is 0.414. The van der Waals surface area contributed by atoms with Gasteiger partial charge in [0.1, 0.15) is 23.6 Å². The van der Waals surface area contributed by atoms with Gasteiger partial charge in [0.25, 0.3) is 0 Å². The quantitative estimate of drug-likeness (QED) is 0.431. The van der Waals surface area contributed by atoms with Crippen LogP contribution in [0.25, 0.3) is 5.65 Å². The number of phenols is 1. The molecule has 0 bridgehead atoms. The molecule has 33 heavy (non-hydrogen) atoms. The van der Waals surface area contributed by atoms with Crippen molar-refractivity contribution in [3.05, 3.63) is 107 Å². The summed E-state index contributed by atoms with van der Waals surface area (Å²) < 4.78 is 13.2. The Morgan fingerprint density at radius 2 is 1.85 bits per heavy atom. The zero-order valence-corrected chi connectivity index (χ0v) is 17.8. The van der Waals surface area contributed by atoms with E-state index in [1.54, 1.807) is 30.1 Å². The lowest BCUT2D eigenvalue weighted by Gasteiger charge is -2.28. The molecule has 0 aliphatic carbocycles. The minimum Gasteiger partial charge on any atom is -0.508 e. The lowest BCUT2D eigenvalue weighted by Crippen LogP contribution is -2.15. The van der Waals surface area contributed by atoms with Crippen LogP contribution < -0.4 is 9.47 Å². The van der Waals surface area contributed by atoms with Crippen LogP contribution in [-0.2, 0) is 6.42 Å². The largest absolute Gasteiger partial charge is 0.508 e. The smallest absolute Gasteiger partial charge is 0.228 e. The van der Waals surface area contributed by atoms with Crippen LogP contribution in [-0.4, -0.2) is 31.8 Å². The molecule has 1 aliphatic rings. The summed E-state index contributed by atoms with van der Waals surface area (Å²) in [6.07, 6.45) is 2.24. The summed E-state index contributed by atoms with van der Waals surface area (Å²) in [5, 5.41) is 14.7. The molecule has 1 N–H and O–H groups in total. The third-order valence-electron chi connectivity index (χ3n) is 5.89. The van der Waals surface area contributed by atoms with Gasteiger partial charge in [0.05, 0.1) is 12.7 Å². The van der Waals surface area contributed by atoms with E-state index < -0.39 is 0 Å². The van der Waals surface area contributed by atoms with E-state index >= 15 is 0 Å². The number of methoxy groups -OCH3 is 1. The number of ether oxygens (including phenoxy) is 2. The summed E-state index contributed by atoms with van der Waals surface area (Å²) in [5.41, 5.74) is 4.64. The highest BCUT2D eigenvalue weighted by atomic mass is 16.5. The van der Waals surface area contributed by atoms with Crippen LogP contribution in [0.15, 0.2) is 79.1 Å². The first kappa shape index (κ1) is 19.3. The number of rotatable bonds is 4. The molecule has 0 unspecified atom stereocenters. The van der Waals surface area contributed by atoms with E-state index in [2.05, 4.69) is 22.2 Å². The second kappa shape index (κ2) is 7.63. The van der Waals surface area contributed by atoms with Crippen molar-refractivity contribution in [3.63, 3.8) is 0 Å². The van der Waals surface area contributed by atoms with Crippen molar-refractivity contribution < 1.29 is 14.6 Å². The molecule has 0 saturated carbocycles. The molecule has 7 heteroatoms. The van der Waals surface area contributed by atoms with E-state index in [0.717, 1.165) is 28.0 Å². The van der Waals surface area contributed by atoms with Crippen LogP contribution in [0.5, 0.6) is 23.1 Å². The lowest BCUT2D eigenvalue weighted by atomic mass is 9.84. The maximum absolute atomic E-state index is 10.0. The fraction of sp³-hybridized carbons (Fsp3) is 0.115. The molecule has 3 heterocycles. The minimum absolute atomic E-state index is 0.138. The summed E-state index contributed by atoms with van der Waals surface area (Å²) in [7, 11) is 1.65. The third kappa shape index (κ3) is 3.34. The Balaban J connectivity index is 1.53. The molecule has 2 aromatic heterocycles. The molecule has 0 amide bonds. The molecule has 162 valence electrons. The van der Waals surface area contributed by atoms with E-state index in [1.807, 2.05) is 48.5 Å². The Kier molecular flexibility index (Phi) is 4.47. The monoisotopic (exact) mass is 436 g/mol. The molecular formula is C26H20N4O3. The van der Waals surface area contributed by atoms with Crippen LogP contribution in [0, 0.1) is 0 Å². The maximum Gasteiger partial charge on any atom is 0.228 e. The Bertz CT molecular complexity index is 1460. The van der Waals surface area contributed by atoms with Gasteiger partial charge in [-0.25, -0.2) is 14.5 Å². The molecule has 0 saturated heterocycles. The molecule has 5 aromatic rings. The fourth-order valence-corrected chi connectivity index (χ4v) is 4.34. The van der Waals surface area contributed by atoms with Crippen LogP contribution in [0.1, 0.15) is 34.0 Å². The molecular weight excluding hydrogens is 416 g/mol. The number of nitrogens with zero attached hydrogens (tertiary/aromatic N) is 4. The predicted molar refractivity (Wildman–Crippen MR) is 122 cm³/mol. The molecule has 6 rings (SSSR count). The van der Waals surface area contributed by atoms with Crippen LogP contribution >= 0.6 is 0 Å². The zero-order chi connectivity index (χ0) is 22.4. The second-order valence-electron chi connectivity index (χ2n) is 7.95. The SMILES string of the molecule is COc1ccc([C@@H]2c3ccc(O)cc3Oc3ncn4nc(Cc5ccccc5)nc4c32)cc1. The summed E-state index contributed by atoms with van der Waals surface area (Å²) >= 11 is 0. The minimum atomic E-state index is -0.194. The average Bonchev–Trinajstić information content (AvgIpc) is 3.26. The normalized spacial score (nSPS) is 14.4. The van der Waals surface area contributed by atoms with Gasteiger partial charge in [-0.3, -0.25) is 0 Å². The first-order valence-corrected chi connectivity index (χ1v) is 10.6. The van der Waals surface area contributed by atoms with Gasteiger partial charge in [0.2, 0.25) is 5.88 Å². The zero-order valence-electron chi connectivity index (χ0n) is 17.8. The summed E-state index contributed by atoms with van der Waals surface area (Å²) in [6.45, 7) is 0. The van der Waals surface area contributed by atoms with Gasteiger partial charge in [-0.15, -0.1) is 5.10 Å². The Hall–Kier alpha value is -4.39. The van der Waals surface area contributed by atoms with Crippen molar-refractivity contribution in [3.8, 4) is 23.1 Å². The van der Waals surface area contributed by atoms with Crippen molar-refractivity contribution >= 4 is 5.65 Å². The number of aromatic nitrogens is 4. The number of hydrogen-bond acceptors (Lipinski definition) is 6. The molecule has 0 fully saturated rings. The predicted octanol–water partition coefficient (Wildman–Crippen LogP) is 4.72. The Morgan fingerprint density at radius 1 is 1.03 bits per heavy atom. The molecule has 3 aromatic carbocycles. The van der Waals surface area contributed by atoms with Crippen molar-refractivity contribution in [2.75, 3.05) is 7.11 Å². The van der Waals surface area contributed by atoms with Crippen molar-refractivity contribution in [2.24, 2.45) is 0 Å². The summed E-state index contributed by atoms with van der Waals surface area (Å²) in [5.74, 6) is 2.46. The fourth-order valence-electron chi connectivity index (χ4n) is 4.34. The molecule has 1 atom stereocenters. The van der Waals surface area contributed by atoms with Gasteiger partial charge >= 0.3 is 0 Å². The van der Waals surface area contributed by atoms with Crippen molar-refractivity contribution in [1.82, 2.24) is 19.6 Å². The molecule has 7 nitrogen and oxygen atoms in total. The molecule has 0 radical (unpaired) electrons. The standard InChI is InChI=1S/C26H20N4O3/c1-32-19-10-7-17(8-11-19)23-20-12-9-18(31)14-21(20)33-26-24(23)25-28-22(29-30(25)15-27-26)13-16-5-3-2-4-6-16/h2-12,14-15,23,31H,13H2,1H3/t23-/m1/s1. The molecule has 0 spiro atoms. The molecule has 1 aliphatic heterocycles. The topological polar surface area (TPSA) is 81.8 Å². The van der Waals surface area contributed by atoms with Crippen LogP contribution in [0.3, 0.4) is 0 Å². The second-order valence-corrected chi connectivity index (χ2v) is 7.95. The van der Waals surface area contributed by atoms with E-state index in [0.29, 0.717) is 29.5 Å². The summed E-state index contributed by atoms with van der Waals surface area (Å²) in [6, 6.07) is 23.2. The van der Waals surface area contributed by atoms with E-state index in [-0.39, 0.29) is 11.7 Å². The van der Waals surface area contributed by atoms with Crippen molar-refractivity contribution in [1.29, 1.82) is 0 Å². The number of phenolic OH excluding ortho intramolecular Hbond substituents is 1. The number of hydrogen-bond donors (Lipinski definition) is 1. The van der Waals surface area contributed by atoms with Crippen LogP contribution in [0.2, 0.25) is 0 Å². The third-order valence-corrected chi connectivity index (χ3v) is 5.89. The van der Waals surface area contributed by atoms with Gasteiger partial charge in [-0.05, 0) is 29.3 Å². The average molecular weight is 436 g/mol. The Labute approximate surface area is 189 Å². The van der Waals surface area contributed by atoms with Gasteiger partial charge in [-0.1, -0.05) is 48.5 Å². The number of aromatic hydroxyl groups is 1. The number of fused-ring (bicyclic) bond motifs is 4. The van der Waals surface area contributed by atoms with E-state index in [4.69, 9.17) is 14.5 Å². The van der Waals surface area contributed by atoms with Gasteiger partial charge in [0, 0.05) is 24.0 Å².